The SMILES string of the molecule is CN(Cc1cnn(Cc2ccccc2)c1)C(=O)/C=C/c1cc(Cl)c2c(c1)OCCCO2. The number of benzene rings is 2. The number of rotatable bonds is 6. The summed E-state index contributed by atoms with van der Waals surface area (Å²) in [5.41, 5.74) is 2.93. The molecular formula is C24H24ClN3O3. The summed E-state index contributed by atoms with van der Waals surface area (Å²) in [7, 11) is 1.77. The largest absolute Gasteiger partial charge is 0.489 e. The Balaban J connectivity index is 1.37. The predicted molar refractivity (Wildman–Crippen MR) is 120 cm³/mol. The van der Waals surface area contributed by atoms with E-state index in [1.165, 1.54) is 11.6 Å². The van der Waals surface area contributed by atoms with Crippen molar-refractivity contribution >= 4 is 23.6 Å². The summed E-state index contributed by atoms with van der Waals surface area (Å²) in [5.74, 6) is 1.06. The normalized spacial score (nSPS) is 13.2. The van der Waals surface area contributed by atoms with Crippen LogP contribution < -0.4 is 9.47 Å². The van der Waals surface area contributed by atoms with E-state index >= 15 is 0 Å². The number of carbonyl (C=O) groups excluding carboxylic acids is 1. The van der Waals surface area contributed by atoms with E-state index in [0.29, 0.717) is 42.8 Å². The molecule has 31 heavy (non-hydrogen) atoms. The fourth-order valence-electron chi connectivity index (χ4n) is 3.34. The van der Waals surface area contributed by atoms with Gasteiger partial charge in [-0.2, -0.15) is 5.10 Å². The molecule has 4 rings (SSSR count). The van der Waals surface area contributed by atoms with Gasteiger partial charge in [0, 0.05) is 37.8 Å². The zero-order chi connectivity index (χ0) is 21.6. The smallest absolute Gasteiger partial charge is 0.246 e. The fourth-order valence-corrected chi connectivity index (χ4v) is 3.61. The van der Waals surface area contributed by atoms with Gasteiger partial charge in [-0.3, -0.25) is 9.48 Å². The Morgan fingerprint density at radius 3 is 2.84 bits per heavy atom. The standard InChI is InChI=1S/C24H24ClN3O3/c1-27(15-20-14-26-28(17-20)16-18-6-3-2-4-7-18)23(29)9-8-19-12-21(25)24-22(13-19)30-10-5-11-31-24/h2-4,6-9,12-14,17H,5,10-11,15-16H2,1H3/b9-8+. The summed E-state index contributed by atoms with van der Waals surface area (Å²) in [5, 5.41) is 4.87. The second kappa shape index (κ2) is 9.71. The van der Waals surface area contributed by atoms with Crippen molar-refractivity contribution in [2.75, 3.05) is 20.3 Å². The molecule has 0 saturated carbocycles. The number of hydrogen-bond acceptors (Lipinski definition) is 4. The molecule has 160 valence electrons. The van der Waals surface area contributed by atoms with Crippen LogP contribution in [0.5, 0.6) is 11.5 Å². The second-order valence-electron chi connectivity index (χ2n) is 7.44. The van der Waals surface area contributed by atoms with Gasteiger partial charge in [-0.05, 0) is 29.3 Å². The summed E-state index contributed by atoms with van der Waals surface area (Å²) in [6.45, 7) is 2.33. The molecule has 1 aromatic heterocycles. The summed E-state index contributed by atoms with van der Waals surface area (Å²) >= 11 is 6.32. The topological polar surface area (TPSA) is 56.6 Å². The Hall–Kier alpha value is -3.25. The van der Waals surface area contributed by atoms with Crippen LogP contribution >= 0.6 is 11.6 Å². The van der Waals surface area contributed by atoms with E-state index in [-0.39, 0.29) is 5.91 Å². The van der Waals surface area contributed by atoms with Gasteiger partial charge in [-0.1, -0.05) is 41.9 Å². The van der Waals surface area contributed by atoms with Crippen LogP contribution in [0.1, 0.15) is 23.1 Å². The number of amides is 1. The van der Waals surface area contributed by atoms with Gasteiger partial charge in [-0.15, -0.1) is 0 Å². The van der Waals surface area contributed by atoms with E-state index in [1.54, 1.807) is 30.3 Å². The highest BCUT2D eigenvalue weighted by atomic mass is 35.5. The third-order valence-electron chi connectivity index (χ3n) is 4.91. The minimum atomic E-state index is -0.112. The highest BCUT2D eigenvalue weighted by Crippen LogP contribution is 2.38. The molecule has 0 bridgehead atoms. The van der Waals surface area contributed by atoms with Crippen molar-refractivity contribution in [1.29, 1.82) is 0 Å². The molecule has 0 atom stereocenters. The zero-order valence-corrected chi connectivity index (χ0v) is 18.1. The summed E-state index contributed by atoms with van der Waals surface area (Å²) in [4.78, 5) is 14.2. The van der Waals surface area contributed by atoms with Crippen LogP contribution in [0.15, 0.2) is 60.9 Å². The number of ether oxygens (including phenoxy) is 2. The number of halogens is 1. The molecule has 0 N–H and O–H groups in total. The van der Waals surface area contributed by atoms with Gasteiger partial charge in [0.25, 0.3) is 0 Å². The van der Waals surface area contributed by atoms with Gasteiger partial charge < -0.3 is 14.4 Å². The highest BCUT2D eigenvalue weighted by Gasteiger charge is 2.15. The predicted octanol–water partition coefficient (Wildman–Crippen LogP) is 4.42. The van der Waals surface area contributed by atoms with Crippen LogP contribution in [0.25, 0.3) is 6.08 Å². The Labute approximate surface area is 186 Å². The van der Waals surface area contributed by atoms with E-state index in [2.05, 4.69) is 17.2 Å². The molecule has 1 amide bonds. The highest BCUT2D eigenvalue weighted by molar-refractivity contribution is 6.32. The maximum atomic E-state index is 12.6. The molecule has 6 nitrogen and oxygen atoms in total. The van der Waals surface area contributed by atoms with Crippen molar-refractivity contribution in [3.63, 3.8) is 0 Å². The first-order chi connectivity index (χ1) is 15.1. The van der Waals surface area contributed by atoms with Gasteiger partial charge in [0.05, 0.1) is 31.0 Å². The van der Waals surface area contributed by atoms with E-state index < -0.39 is 0 Å². The van der Waals surface area contributed by atoms with Crippen molar-refractivity contribution in [1.82, 2.24) is 14.7 Å². The monoisotopic (exact) mass is 437 g/mol. The summed E-state index contributed by atoms with van der Waals surface area (Å²) < 4.78 is 13.2. The van der Waals surface area contributed by atoms with Crippen LogP contribution in [-0.2, 0) is 17.9 Å². The molecule has 7 heteroatoms. The first-order valence-corrected chi connectivity index (χ1v) is 10.5. The maximum absolute atomic E-state index is 12.6. The first kappa shape index (κ1) is 21.0. The lowest BCUT2D eigenvalue weighted by atomic mass is 10.2. The quantitative estimate of drug-likeness (QED) is 0.536. The van der Waals surface area contributed by atoms with Crippen LogP contribution in [0, 0.1) is 0 Å². The van der Waals surface area contributed by atoms with E-state index in [1.807, 2.05) is 35.1 Å². The maximum Gasteiger partial charge on any atom is 0.246 e. The molecule has 2 aromatic carbocycles. The lowest BCUT2D eigenvalue weighted by Gasteiger charge is -2.14. The second-order valence-corrected chi connectivity index (χ2v) is 7.85. The number of aromatic nitrogens is 2. The van der Waals surface area contributed by atoms with Crippen molar-refractivity contribution in [3.8, 4) is 11.5 Å². The lowest BCUT2D eigenvalue weighted by Crippen LogP contribution is -2.23. The Bertz CT molecular complexity index is 1080. The summed E-state index contributed by atoms with van der Waals surface area (Å²) in [6, 6.07) is 13.7. The third kappa shape index (κ3) is 5.47. The molecule has 0 fully saturated rings. The molecule has 3 aromatic rings. The Morgan fingerprint density at radius 2 is 2.00 bits per heavy atom. The van der Waals surface area contributed by atoms with Crippen LogP contribution in [0.3, 0.4) is 0 Å². The third-order valence-corrected chi connectivity index (χ3v) is 5.19. The number of likely N-dealkylation sites (N-methyl/N-ethyl adjacent to an activating group) is 1. The lowest BCUT2D eigenvalue weighted by molar-refractivity contribution is -0.125. The van der Waals surface area contributed by atoms with Gasteiger partial charge >= 0.3 is 0 Å². The number of nitrogens with zero attached hydrogens (tertiary/aromatic N) is 3. The average Bonchev–Trinajstić information content (AvgIpc) is 3.05. The fraction of sp³-hybridized carbons (Fsp3) is 0.250. The van der Waals surface area contributed by atoms with Gasteiger partial charge in [0.2, 0.25) is 5.91 Å². The van der Waals surface area contributed by atoms with E-state index in [9.17, 15) is 4.79 Å². The van der Waals surface area contributed by atoms with Crippen molar-refractivity contribution in [2.24, 2.45) is 0 Å². The molecule has 1 aliphatic heterocycles. The van der Waals surface area contributed by atoms with Crippen molar-refractivity contribution in [3.05, 3.63) is 82.6 Å². The molecule has 0 radical (unpaired) electrons. The first-order valence-electron chi connectivity index (χ1n) is 10.2. The molecule has 2 heterocycles. The number of hydrogen-bond donors (Lipinski definition) is 0. The van der Waals surface area contributed by atoms with Gasteiger partial charge in [0.15, 0.2) is 11.5 Å². The molecule has 1 aliphatic rings. The zero-order valence-electron chi connectivity index (χ0n) is 17.3. The molecule has 0 aliphatic carbocycles. The van der Waals surface area contributed by atoms with E-state index in [0.717, 1.165) is 17.5 Å². The van der Waals surface area contributed by atoms with E-state index in [4.69, 9.17) is 21.1 Å². The Morgan fingerprint density at radius 1 is 1.19 bits per heavy atom. The summed E-state index contributed by atoms with van der Waals surface area (Å²) in [6.07, 6.45) is 7.83. The van der Waals surface area contributed by atoms with Crippen molar-refractivity contribution in [2.45, 2.75) is 19.5 Å². The van der Waals surface area contributed by atoms with Gasteiger partial charge in [-0.25, -0.2) is 0 Å². The van der Waals surface area contributed by atoms with Crippen LogP contribution in [0.2, 0.25) is 5.02 Å². The minimum Gasteiger partial charge on any atom is -0.489 e. The van der Waals surface area contributed by atoms with Gasteiger partial charge in [0.1, 0.15) is 0 Å². The van der Waals surface area contributed by atoms with Crippen LogP contribution in [-0.4, -0.2) is 40.8 Å². The molecular weight excluding hydrogens is 414 g/mol. The number of carbonyl (C=O) groups is 1. The molecule has 0 spiro atoms. The molecule has 0 unspecified atom stereocenters. The molecule has 0 saturated heterocycles. The van der Waals surface area contributed by atoms with Crippen LogP contribution in [0.4, 0.5) is 0 Å². The minimum absolute atomic E-state index is 0.112. The number of fused-ring (bicyclic) bond motifs is 1. The Kier molecular flexibility index (Phi) is 6.57. The van der Waals surface area contributed by atoms with Crippen molar-refractivity contribution < 1.29 is 14.3 Å². The average molecular weight is 438 g/mol.